The lowest BCUT2D eigenvalue weighted by molar-refractivity contribution is 0.285. The van der Waals surface area contributed by atoms with Crippen LogP contribution in [-0.4, -0.2) is 6.61 Å². The molecule has 0 bridgehead atoms. The minimum absolute atomic E-state index is 0.0575. The van der Waals surface area contributed by atoms with Crippen molar-refractivity contribution in [3.8, 4) is 16.9 Å². The Hall–Kier alpha value is -2.30. The molecule has 3 rings (SSSR count). The van der Waals surface area contributed by atoms with Crippen molar-refractivity contribution in [2.24, 2.45) is 5.92 Å². The molecule has 5 heteroatoms. The Kier molecular flexibility index (Phi) is 10.7. The molecule has 1 aliphatic carbocycles. The summed E-state index contributed by atoms with van der Waals surface area (Å²) in [7, 11) is 0. The zero-order chi connectivity index (χ0) is 25.2. The molecule has 1 aliphatic rings. The molecule has 0 radical (unpaired) electrons. The van der Waals surface area contributed by atoms with E-state index in [4.69, 9.17) is 4.74 Å². The van der Waals surface area contributed by atoms with E-state index in [0.717, 1.165) is 70.6 Å². The van der Waals surface area contributed by atoms with E-state index in [0.29, 0.717) is 11.5 Å². The van der Waals surface area contributed by atoms with Gasteiger partial charge in [0.05, 0.1) is 6.61 Å². The molecule has 0 unspecified atom stereocenters. The van der Waals surface area contributed by atoms with Gasteiger partial charge in [0.2, 0.25) is 5.82 Å². The van der Waals surface area contributed by atoms with Crippen LogP contribution < -0.4 is 4.74 Å². The summed E-state index contributed by atoms with van der Waals surface area (Å²) in [5.74, 6) is -4.15. The van der Waals surface area contributed by atoms with Crippen LogP contribution in [0.3, 0.4) is 0 Å². The molecular formula is C30H38F4O. The summed E-state index contributed by atoms with van der Waals surface area (Å²) in [4.78, 5) is 0. The standard InChI is InChI=1S/C30H38F4O/c1-3-5-7-8-9-10-20-35-26-19-18-25(29(33)30(26)34)24-17-16-23(27(31)28(24)32)22-14-12-21(13-15-22)11-6-4-2/h4,16-19,21-22H,2-3,5-15,20H2,1H3. The number of ether oxygens (including phenoxy) is 1. The molecule has 0 atom stereocenters. The maximum absolute atomic E-state index is 15.0. The number of hydrogen-bond acceptors (Lipinski definition) is 1. The van der Waals surface area contributed by atoms with Crippen LogP contribution in [0.4, 0.5) is 17.6 Å². The van der Waals surface area contributed by atoms with Crippen molar-refractivity contribution in [1.29, 1.82) is 0 Å². The molecule has 1 saturated carbocycles. The number of allylic oxidation sites excluding steroid dienone is 1. The average molecular weight is 491 g/mol. The van der Waals surface area contributed by atoms with Gasteiger partial charge in [-0.05, 0) is 74.5 Å². The molecule has 2 aromatic carbocycles. The molecule has 2 aromatic rings. The fraction of sp³-hybridized carbons (Fsp3) is 0.533. The van der Waals surface area contributed by atoms with Gasteiger partial charge in [-0.3, -0.25) is 0 Å². The molecule has 192 valence electrons. The minimum atomic E-state index is -1.22. The highest BCUT2D eigenvalue weighted by atomic mass is 19.2. The second kappa shape index (κ2) is 13.7. The summed E-state index contributed by atoms with van der Waals surface area (Å²) in [6, 6.07) is 5.45. The van der Waals surface area contributed by atoms with Crippen molar-refractivity contribution < 1.29 is 22.3 Å². The second-order valence-electron chi connectivity index (χ2n) is 9.77. The van der Waals surface area contributed by atoms with E-state index >= 15 is 8.78 Å². The Morgan fingerprint density at radius 1 is 0.800 bits per heavy atom. The first-order valence-corrected chi connectivity index (χ1v) is 13.2. The fourth-order valence-corrected chi connectivity index (χ4v) is 5.12. The lowest BCUT2D eigenvalue weighted by Crippen LogP contribution is -2.15. The van der Waals surface area contributed by atoms with Gasteiger partial charge in [-0.2, -0.15) is 4.39 Å². The molecule has 0 N–H and O–H groups in total. The highest BCUT2D eigenvalue weighted by molar-refractivity contribution is 5.66. The molecule has 0 amide bonds. The van der Waals surface area contributed by atoms with E-state index in [1.165, 1.54) is 30.7 Å². The monoisotopic (exact) mass is 490 g/mol. The average Bonchev–Trinajstić information content (AvgIpc) is 2.87. The third kappa shape index (κ3) is 7.11. The fourth-order valence-electron chi connectivity index (χ4n) is 5.12. The van der Waals surface area contributed by atoms with Crippen LogP contribution in [0.1, 0.15) is 95.5 Å². The smallest absolute Gasteiger partial charge is 0.201 e. The van der Waals surface area contributed by atoms with E-state index < -0.39 is 23.3 Å². The van der Waals surface area contributed by atoms with Crippen molar-refractivity contribution in [1.82, 2.24) is 0 Å². The number of hydrogen-bond donors (Lipinski definition) is 0. The first kappa shape index (κ1) is 27.3. The molecule has 0 aromatic heterocycles. The summed E-state index contributed by atoms with van der Waals surface area (Å²) in [5, 5.41) is 0. The van der Waals surface area contributed by atoms with E-state index in [1.54, 1.807) is 0 Å². The summed E-state index contributed by atoms with van der Waals surface area (Å²) in [5.41, 5.74) is -0.247. The van der Waals surface area contributed by atoms with E-state index in [-0.39, 0.29) is 29.4 Å². The van der Waals surface area contributed by atoms with Gasteiger partial charge in [-0.1, -0.05) is 57.2 Å². The van der Waals surface area contributed by atoms with Crippen LogP contribution in [0.25, 0.3) is 11.1 Å². The van der Waals surface area contributed by atoms with Gasteiger partial charge in [0.1, 0.15) is 0 Å². The van der Waals surface area contributed by atoms with E-state index in [1.807, 2.05) is 6.08 Å². The van der Waals surface area contributed by atoms with Gasteiger partial charge in [0.25, 0.3) is 0 Å². The summed E-state index contributed by atoms with van der Waals surface area (Å²) >= 11 is 0. The van der Waals surface area contributed by atoms with Gasteiger partial charge in [-0.25, -0.2) is 13.2 Å². The molecule has 0 saturated heterocycles. The number of unbranched alkanes of at least 4 members (excludes halogenated alkanes) is 5. The first-order chi connectivity index (χ1) is 17.0. The Morgan fingerprint density at radius 3 is 2.11 bits per heavy atom. The lowest BCUT2D eigenvalue weighted by atomic mass is 9.77. The third-order valence-electron chi connectivity index (χ3n) is 7.27. The number of benzene rings is 2. The predicted molar refractivity (Wildman–Crippen MR) is 135 cm³/mol. The van der Waals surface area contributed by atoms with Gasteiger partial charge < -0.3 is 4.74 Å². The van der Waals surface area contributed by atoms with Crippen LogP contribution in [-0.2, 0) is 0 Å². The van der Waals surface area contributed by atoms with Crippen LogP contribution in [0.15, 0.2) is 36.9 Å². The minimum Gasteiger partial charge on any atom is -0.490 e. The molecule has 0 spiro atoms. The van der Waals surface area contributed by atoms with Gasteiger partial charge in [0.15, 0.2) is 23.2 Å². The summed E-state index contributed by atoms with van der Waals surface area (Å²) in [6.07, 6.45) is 13.8. The van der Waals surface area contributed by atoms with Gasteiger partial charge >= 0.3 is 0 Å². The molecular weight excluding hydrogens is 452 g/mol. The first-order valence-electron chi connectivity index (χ1n) is 13.2. The topological polar surface area (TPSA) is 9.23 Å². The molecule has 1 nitrogen and oxygen atoms in total. The molecule has 0 heterocycles. The highest BCUT2D eigenvalue weighted by Crippen LogP contribution is 2.41. The Morgan fingerprint density at radius 2 is 1.43 bits per heavy atom. The molecule has 1 fully saturated rings. The van der Waals surface area contributed by atoms with Crippen LogP contribution in [0.2, 0.25) is 0 Å². The van der Waals surface area contributed by atoms with Gasteiger partial charge in [-0.15, -0.1) is 6.58 Å². The number of halogens is 4. The van der Waals surface area contributed by atoms with Crippen LogP contribution in [0, 0.1) is 29.2 Å². The van der Waals surface area contributed by atoms with Crippen molar-refractivity contribution in [2.75, 3.05) is 6.61 Å². The highest BCUT2D eigenvalue weighted by Gasteiger charge is 2.27. The molecule has 0 aliphatic heterocycles. The summed E-state index contributed by atoms with van der Waals surface area (Å²) in [6.45, 7) is 6.19. The summed E-state index contributed by atoms with van der Waals surface area (Å²) < 4.78 is 64.9. The van der Waals surface area contributed by atoms with Crippen molar-refractivity contribution in [3.05, 3.63) is 65.8 Å². The van der Waals surface area contributed by atoms with Crippen molar-refractivity contribution >= 4 is 0 Å². The Balaban J connectivity index is 1.66. The maximum atomic E-state index is 15.0. The quantitative estimate of drug-likeness (QED) is 0.154. The predicted octanol–water partition coefficient (Wildman–Crippen LogP) is 9.89. The largest absolute Gasteiger partial charge is 0.490 e. The third-order valence-corrected chi connectivity index (χ3v) is 7.27. The normalized spacial score (nSPS) is 18.0. The second-order valence-corrected chi connectivity index (χ2v) is 9.77. The SMILES string of the molecule is C=CCCC1CCC(c2ccc(-c3ccc(OCCCCCCCC)c(F)c3F)c(F)c2F)CC1. The maximum Gasteiger partial charge on any atom is 0.201 e. The zero-order valence-electron chi connectivity index (χ0n) is 20.9. The number of rotatable bonds is 13. The van der Waals surface area contributed by atoms with Crippen molar-refractivity contribution in [3.63, 3.8) is 0 Å². The zero-order valence-corrected chi connectivity index (χ0v) is 20.9. The van der Waals surface area contributed by atoms with Crippen LogP contribution >= 0.6 is 0 Å². The van der Waals surface area contributed by atoms with Crippen molar-refractivity contribution in [2.45, 2.75) is 89.9 Å². The van der Waals surface area contributed by atoms with Gasteiger partial charge in [0, 0.05) is 11.1 Å². The molecule has 35 heavy (non-hydrogen) atoms. The Bertz CT molecular complexity index is 963. The van der Waals surface area contributed by atoms with E-state index in [9.17, 15) is 8.78 Å². The lowest BCUT2D eigenvalue weighted by Gasteiger charge is -2.29. The van der Waals surface area contributed by atoms with E-state index in [2.05, 4.69) is 13.5 Å². The van der Waals surface area contributed by atoms with Crippen LogP contribution in [0.5, 0.6) is 5.75 Å². The Labute approximate surface area is 207 Å².